The molecular formula is C23H27F3N4O2. The number of aryl methyl sites for hydroxylation is 1. The molecule has 1 aliphatic heterocycles. The van der Waals surface area contributed by atoms with Crippen LogP contribution in [0.3, 0.4) is 0 Å². The molecule has 6 nitrogen and oxygen atoms in total. The van der Waals surface area contributed by atoms with E-state index < -0.39 is 17.8 Å². The summed E-state index contributed by atoms with van der Waals surface area (Å²) in [6.45, 7) is 4.55. The fourth-order valence-electron chi connectivity index (χ4n) is 3.76. The number of benzene rings is 1. The number of alkyl halides is 3. The van der Waals surface area contributed by atoms with Crippen LogP contribution >= 0.6 is 0 Å². The van der Waals surface area contributed by atoms with Crippen molar-refractivity contribution in [3.8, 4) is 0 Å². The molecule has 9 heteroatoms. The average molecular weight is 448 g/mol. The summed E-state index contributed by atoms with van der Waals surface area (Å²) < 4.78 is 38.1. The third-order valence-corrected chi connectivity index (χ3v) is 5.51. The summed E-state index contributed by atoms with van der Waals surface area (Å²) >= 11 is 0. The Hall–Kier alpha value is -3.10. The highest BCUT2D eigenvalue weighted by Crippen LogP contribution is 2.30. The Morgan fingerprint density at radius 2 is 1.78 bits per heavy atom. The van der Waals surface area contributed by atoms with Crippen LogP contribution in [0.2, 0.25) is 0 Å². The molecule has 0 saturated carbocycles. The van der Waals surface area contributed by atoms with Crippen LogP contribution in [0.25, 0.3) is 0 Å². The molecule has 1 unspecified atom stereocenters. The van der Waals surface area contributed by atoms with Crippen LogP contribution in [-0.4, -0.2) is 35.9 Å². The molecule has 2 N–H and O–H groups in total. The van der Waals surface area contributed by atoms with E-state index in [0.717, 1.165) is 23.4 Å². The van der Waals surface area contributed by atoms with Gasteiger partial charge in [-0.1, -0.05) is 29.8 Å². The number of piperidine rings is 1. The lowest BCUT2D eigenvalue weighted by molar-refractivity contribution is -0.137. The Bertz CT molecular complexity index is 922. The van der Waals surface area contributed by atoms with Crippen molar-refractivity contribution in [2.75, 3.05) is 18.0 Å². The van der Waals surface area contributed by atoms with Gasteiger partial charge in [-0.25, -0.2) is 4.98 Å². The van der Waals surface area contributed by atoms with E-state index in [1.165, 1.54) is 13.0 Å². The normalized spacial score (nSPS) is 15.8. The third kappa shape index (κ3) is 6.45. The Kier molecular flexibility index (Phi) is 7.37. The first-order chi connectivity index (χ1) is 15.1. The number of carbonyl (C=O) groups is 2. The number of nitrogens with one attached hydrogen (secondary N) is 2. The summed E-state index contributed by atoms with van der Waals surface area (Å²) in [7, 11) is 0. The Morgan fingerprint density at radius 3 is 2.31 bits per heavy atom. The van der Waals surface area contributed by atoms with Crippen LogP contribution in [0.15, 0.2) is 42.6 Å². The molecule has 0 spiro atoms. The van der Waals surface area contributed by atoms with Crippen molar-refractivity contribution in [2.45, 2.75) is 51.4 Å². The van der Waals surface area contributed by atoms with E-state index in [0.29, 0.717) is 31.7 Å². The predicted octanol–water partition coefficient (Wildman–Crippen LogP) is 3.76. The van der Waals surface area contributed by atoms with Gasteiger partial charge in [-0.15, -0.1) is 0 Å². The summed E-state index contributed by atoms with van der Waals surface area (Å²) in [6, 6.07) is 9.64. The molecular weight excluding hydrogens is 421 g/mol. The molecule has 2 amide bonds. The quantitative estimate of drug-likeness (QED) is 0.706. The SMILES string of the molecule is CC(=O)NC(CC(=O)NC1CCN(c2ccc(C(F)(F)F)cn2)CC1)c1ccc(C)cc1. The van der Waals surface area contributed by atoms with Crippen LogP contribution in [0.4, 0.5) is 19.0 Å². The molecule has 3 rings (SSSR count). The maximum atomic E-state index is 12.7. The molecule has 0 bridgehead atoms. The second kappa shape index (κ2) is 10.0. The van der Waals surface area contributed by atoms with Crippen LogP contribution in [0.5, 0.6) is 0 Å². The van der Waals surface area contributed by atoms with E-state index in [9.17, 15) is 22.8 Å². The summed E-state index contributed by atoms with van der Waals surface area (Å²) in [5.74, 6) is 0.129. The third-order valence-electron chi connectivity index (χ3n) is 5.51. The van der Waals surface area contributed by atoms with E-state index >= 15 is 0 Å². The minimum atomic E-state index is -4.41. The number of halogens is 3. The fourth-order valence-corrected chi connectivity index (χ4v) is 3.76. The summed E-state index contributed by atoms with van der Waals surface area (Å²) in [6.07, 6.45) is -2.12. The van der Waals surface area contributed by atoms with Crippen molar-refractivity contribution in [3.05, 3.63) is 59.3 Å². The highest BCUT2D eigenvalue weighted by atomic mass is 19.4. The van der Waals surface area contributed by atoms with Gasteiger partial charge in [0.05, 0.1) is 18.0 Å². The predicted molar refractivity (Wildman–Crippen MR) is 115 cm³/mol. The van der Waals surface area contributed by atoms with Crippen molar-refractivity contribution in [3.63, 3.8) is 0 Å². The van der Waals surface area contributed by atoms with E-state index in [-0.39, 0.29) is 24.3 Å². The monoisotopic (exact) mass is 448 g/mol. The molecule has 1 saturated heterocycles. The van der Waals surface area contributed by atoms with E-state index in [1.807, 2.05) is 36.1 Å². The van der Waals surface area contributed by atoms with Gasteiger partial charge in [0.1, 0.15) is 5.82 Å². The largest absolute Gasteiger partial charge is 0.417 e. The van der Waals surface area contributed by atoms with E-state index in [2.05, 4.69) is 15.6 Å². The lowest BCUT2D eigenvalue weighted by Gasteiger charge is -2.33. The highest BCUT2D eigenvalue weighted by molar-refractivity contribution is 5.79. The van der Waals surface area contributed by atoms with Crippen molar-refractivity contribution in [1.82, 2.24) is 15.6 Å². The molecule has 172 valence electrons. The van der Waals surface area contributed by atoms with Gasteiger partial charge < -0.3 is 15.5 Å². The van der Waals surface area contributed by atoms with Crippen LogP contribution in [-0.2, 0) is 15.8 Å². The van der Waals surface area contributed by atoms with Crippen molar-refractivity contribution >= 4 is 17.6 Å². The van der Waals surface area contributed by atoms with Crippen LogP contribution in [0.1, 0.15) is 48.9 Å². The number of aromatic nitrogens is 1. The first kappa shape index (κ1) is 23.6. The summed E-state index contributed by atoms with van der Waals surface area (Å²) in [5, 5.41) is 5.85. The first-order valence-electron chi connectivity index (χ1n) is 10.5. The lowest BCUT2D eigenvalue weighted by atomic mass is 10.0. The number of hydrogen-bond acceptors (Lipinski definition) is 4. The number of rotatable bonds is 6. The zero-order valence-electron chi connectivity index (χ0n) is 18.1. The molecule has 1 aromatic heterocycles. The van der Waals surface area contributed by atoms with E-state index in [4.69, 9.17) is 0 Å². The highest BCUT2D eigenvalue weighted by Gasteiger charge is 2.31. The second-order valence-electron chi connectivity index (χ2n) is 8.10. The summed E-state index contributed by atoms with van der Waals surface area (Å²) in [4.78, 5) is 30.1. The zero-order valence-corrected chi connectivity index (χ0v) is 18.1. The minimum absolute atomic E-state index is 0.0378. The van der Waals surface area contributed by atoms with Gasteiger partial charge in [0.25, 0.3) is 0 Å². The molecule has 1 fully saturated rings. The molecule has 0 aliphatic carbocycles. The van der Waals surface area contributed by atoms with Gasteiger partial charge >= 0.3 is 6.18 Å². The maximum absolute atomic E-state index is 12.7. The van der Waals surface area contributed by atoms with Gasteiger partial charge in [0.2, 0.25) is 11.8 Å². The molecule has 2 aromatic rings. The summed E-state index contributed by atoms with van der Waals surface area (Å²) in [5.41, 5.74) is 1.18. The van der Waals surface area contributed by atoms with Gasteiger partial charge in [0, 0.05) is 32.3 Å². The average Bonchev–Trinajstić information content (AvgIpc) is 2.73. The topological polar surface area (TPSA) is 74.3 Å². The van der Waals surface area contributed by atoms with Crippen molar-refractivity contribution in [2.24, 2.45) is 0 Å². The number of nitrogens with zero attached hydrogens (tertiary/aromatic N) is 2. The molecule has 2 heterocycles. The Balaban J connectivity index is 1.53. The second-order valence-corrected chi connectivity index (χ2v) is 8.10. The van der Waals surface area contributed by atoms with Crippen molar-refractivity contribution < 1.29 is 22.8 Å². The molecule has 1 aromatic carbocycles. The standard InChI is InChI=1S/C23H27F3N4O2/c1-15-3-5-17(6-4-15)20(28-16(2)31)13-22(32)29-19-9-11-30(12-10-19)21-8-7-18(14-27-21)23(24,25)26/h3-8,14,19-20H,9-13H2,1-2H3,(H,28,31)(H,29,32). The number of anilines is 1. The maximum Gasteiger partial charge on any atom is 0.417 e. The molecule has 0 radical (unpaired) electrons. The molecule has 1 aliphatic rings. The Labute approximate surface area is 185 Å². The lowest BCUT2D eigenvalue weighted by Crippen LogP contribution is -2.45. The molecule has 32 heavy (non-hydrogen) atoms. The Morgan fingerprint density at radius 1 is 1.12 bits per heavy atom. The van der Waals surface area contributed by atoms with Gasteiger partial charge in [-0.05, 0) is 37.5 Å². The van der Waals surface area contributed by atoms with Gasteiger partial charge in [0.15, 0.2) is 0 Å². The van der Waals surface area contributed by atoms with Crippen LogP contribution < -0.4 is 15.5 Å². The first-order valence-corrected chi connectivity index (χ1v) is 10.5. The van der Waals surface area contributed by atoms with Gasteiger partial charge in [-0.3, -0.25) is 9.59 Å². The number of amides is 2. The van der Waals surface area contributed by atoms with Gasteiger partial charge in [-0.2, -0.15) is 13.2 Å². The molecule has 1 atom stereocenters. The minimum Gasteiger partial charge on any atom is -0.356 e. The number of carbonyl (C=O) groups excluding carboxylic acids is 2. The fraction of sp³-hybridized carbons (Fsp3) is 0.435. The number of hydrogen-bond donors (Lipinski definition) is 2. The van der Waals surface area contributed by atoms with Crippen LogP contribution in [0, 0.1) is 6.92 Å². The van der Waals surface area contributed by atoms with Crippen molar-refractivity contribution in [1.29, 1.82) is 0 Å². The zero-order chi connectivity index (χ0) is 23.3. The smallest absolute Gasteiger partial charge is 0.356 e. The van der Waals surface area contributed by atoms with E-state index in [1.54, 1.807) is 0 Å². The number of pyridine rings is 1.